The van der Waals surface area contributed by atoms with E-state index in [0.29, 0.717) is 23.5 Å². The average Bonchev–Trinajstić information content (AvgIpc) is 2.83. The van der Waals surface area contributed by atoms with Gasteiger partial charge in [0.1, 0.15) is 29.3 Å². The van der Waals surface area contributed by atoms with E-state index < -0.39 is 41.5 Å². The first kappa shape index (κ1) is 27.3. The minimum absolute atomic E-state index is 0.0106. The van der Waals surface area contributed by atoms with Crippen LogP contribution in [0.4, 0.5) is 13.2 Å². The smallest absolute Gasteiger partial charge is 0.432 e. The quantitative estimate of drug-likeness (QED) is 0.417. The van der Waals surface area contributed by atoms with Gasteiger partial charge in [0.2, 0.25) is 0 Å². The summed E-state index contributed by atoms with van der Waals surface area (Å²) in [5.74, 6) is -1.43. The minimum atomic E-state index is -5.08. The number of fused-ring (bicyclic) bond motifs is 1. The van der Waals surface area contributed by atoms with E-state index >= 15 is 0 Å². The number of hydrogen-bond acceptors (Lipinski definition) is 7. The van der Waals surface area contributed by atoms with Crippen LogP contribution in [0.1, 0.15) is 47.7 Å². The molecule has 0 aliphatic carbocycles. The Labute approximate surface area is 207 Å². The summed E-state index contributed by atoms with van der Waals surface area (Å²) in [6.45, 7) is 1.81. The van der Waals surface area contributed by atoms with Gasteiger partial charge in [-0.2, -0.15) is 13.2 Å². The van der Waals surface area contributed by atoms with Crippen LogP contribution in [0.15, 0.2) is 42.5 Å². The molecule has 0 saturated carbocycles. The molecular weight excluding hydrogens is 481 g/mol. The van der Waals surface area contributed by atoms with E-state index in [9.17, 15) is 22.8 Å². The summed E-state index contributed by atoms with van der Waals surface area (Å²) in [6.07, 6.45) is -5.72. The van der Waals surface area contributed by atoms with Crippen LogP contribution in [0.5, 0.6) is 11.5 Å². The maximum Gasteiger partial charge on any atom is 0.432 e. The van der Waals surface area contributed by atoms with Crippen LogP contribution in [0.3, 0.4) is 0 Å². The molecule has 0 radical (unpaired) electrons. The van der Waals surface area contributed by atoms with Gasteiger partial charge >= 0.3 is 18.1 Å². The van der Waals surface area contributed by atoms with E-state index in [-0.39, 0.29) is 24.8 Å². The molecule has 10 heteroatoms. The third-order valence-corrected chi connectivity index (χ3v) is 6.12. The number of hydrogen-bond donors (Lipinski definition) is 0. The van der Waals surface area contributed by atoms with Gasteiger partial charge in [-0.3, -0.25) is 0 Å². The normalized spacial score (nSPS) is 17.9. The van der Waals surface area contributed by atoms with Gasteiger partial charge in [0.25, 0.3) is 5.60 Å². The molecule has 1 heterocycles. The SMILES string of the molecule is CCC[C@@H](C[C@@H]1Cc2cc(OC)cc(OC)c2C(=O)O1)OC(=O)[C@@](OC)(c1ccccc1)C(F)(F)F. The van der Waals surface area contributed by atoms with E-state index in [0.717, 1.165) is 19.2 Å². The fourth-order valence-electron chi connectivity index (χ4n) is 4.41. The molecule has 196 valence electrons. The monoisotopic (exact) mass is 510 g/mol. The first-order chi connectivity index (χ1) is 17.1. The molecule has 0 N–H and O–H groups in total. The van der Waals surface area contributed by atoms with E-state index in [1.54, 1.807) is 12.1 Å². The largest absolute Gasteiger partial charge is 0.497 e. The minimum Gasteiger partial charge on any atom is -0.497 e. The molecule has 36 heavy (non-hydrogen) atoms. The number of esters is 2. The van der Waals surface area contributed by atoms with Gasteiger partial charge in [-0.25, -0.2) is 9.59 Å². The summed E-state index contributed by atoms with van der Waals surface area (Å²) < 4.78 is 69.1. The van der Waals surface area contributed by atoms with Gasteiger partial charge in [-0.1, -0.05) is 43.7 Å². The summed E-state index contributed by atoms with van der Waals surface area (Å²) in [5.41, 5.74) is -2.81. The van der Waals surface area contributed by atoms with Crippen molar-refractivity contribution >= 4 is 11.9 Å². The Balaban J connectivity index is 1.87. The highest BCUT2D eigenvalue weighted by Crippen LogP contribution is 2.43. The van der Waals surface area contributed by atoms with Crippen molar-refractivity contribution in [2.75, 3.05) is 21.3 Å². The summed E-state index contributed by atoms with van der Waals surface area (Å²) in [5, 5.41) is 0. The van der Waals surface area contributed by atoms with Gasteiger partial charge < -0.3 is 23.7 Å². The van der Waals surface area contributed by atoms with Crippen molar-refractivity contribution in [2.24, 2.45) is 0 Å². The van der Waals surface area contributed by atoms with Crippen LogP contribution in [0.25, 0.3) is 0 Å². The Kier molecular flexibility index (Phi) is 8.50. The third-order valence-electron chi connectivity index (χ3n) is 6.12. The van der Waals surface area contributed by atoms with Crippen LogP contribution in [-0.2, 0) is 31.0 Å². The van der Waals surface area contributed by atoms with Gasteiger partial charge in [-0.05, 0) is 18.1 Å². The molecule has 7 nitrogen and oxygen atoms in total. The summed E-state index contributed by atoms with van der Waals surface area (Å²) in [6, 6.07) is 9.86. The first-order valence-corrected chi connectivity index (χ1v) is 11.5. The molecule has 0 spiro atoms. The van der Waals surface area contributed by atoms with Gasteiger partial charge in [0.15, 0.2) is 0 Å². The average molecular weight is 511 g/mol. The lowest BCUT2D eigenvalue weighted by atomic mass is 9.92. The molecule has 1 aliphatic heterocycles. The Hall–Kier alpha value is -3.27. The number of ether oxygens (including phenoxy) is 5. The molecule has 0 amide bonds. The lowest BCUT2D eigenvalue weighted by molar-refractivity contribution is -0.278. The number of halogens is 3. The Morgan fingerprint density at radius 1 is 1.11 bits per heavy atom. The predicted octanol–water partition coefficient (Wildman–Crippen LogP) is 4.99. The molecule has 0 unspecified atom stereocenters. The third kappa shape index (κ3) is 5.28. The number of methoxy groups -OCH3 is 3. The molecule has 0 aromatic heterocycles. The molecule has 3 atom stereocenters. The standard InChI is InChI=1S/C26H29F3O7/c1-5-9-18(36-24(31)25(34-4,26(27,28)29)17-10-7-6-8-11-17)14-20-13-16-12-19(32-2)15-21(33-3)22(16)23(30)35-20/h6-8,10-12,15,18,20H,5,9,13-14H2,1-4H3/t18-,20-,25-/m0/s1. The van der Waals surface area contributed by atoms with Gasteiger partial charge in [0.05, 0.1) is 14.2 Å². The lowest BCUT2D eigenvalue weighted by Crippen LogP contribution is -2.52. The number of carbonyl (C=O) groups is 2. The Morgan fingerprint density at radius 2 is 1.81 bits per heavy atom. The zero-order valence-corrected chi connectivity index (χ0v) is 20.5. The molecule has 2 aromatic carbocycles. The Morgan fingerprint density at radius 3 is 2.36 bits per heavy atom. The zero-order valence-electron chi connectivity index (χ0n) is 20.5. The molecular formula is C26H29F3O7. The fraction of sp³-hybridized carbons (Fsp3) is 0.462. The zero-order chi connectivity index (χ0) is 26.5. The van der Waals surface area contributed by atoms with Crippen LogP contribution >= 0.6 is 0 Å². The highest BCUT2D eigenvalue weighted by molar-refractivity contribution is 5.95. The van der Waals surface area contributed by atoms with Crippen molar-refractivity contribution in [3.8, 4) is 11.5 Å². The van der Waals surface area contributed by atoms with E-state index in [1.807, 2.05) is 6.92 Å². The molecule has 0 fully saturated rings. The second-order valence-corrected chi connectivity index (χ2v) is 8.40. The topological polar surface area (TPSA) is 80.3 Å². The maximum atomic E-state index is 14.2. The van der Waals surface area contributed by atoms with Crippen LogP contribution in [0.2, 0.25) is 0 Å². The molecule has 0 bridgehead atoms. The van der Waals surface area contributed by atoms with E-state index in [1.165, 1.54) is 32.4 Å². The van der Waals surface area contributed by atoms with Gasteiger partial charge in [0, 0.05) is 31.6 Å². The van der Waals surface area contributed by atoms with E-state index in [4.69, 9.17) is 23.7 Å². The van der Waals surface area contributed by atoms with Gasteiger partial charge in [-0.15, -0.1) is 0 Å². The second kappa shape index (κ2) is 11.2. The maximum absolute atomic E-state index is 14.2. The van der Waals surface area contributed by atoms with Crippen molar-refractivity contribution in [3.05, 3.63) is 59.2 Å². The number of carbonyl (C=O) groups excluding carboxylic acids is 2. The number of rotatable bonds is 10. The van der Waals surface area contributed by atoms with Crippen molar-refractivity contribution < 1.29 is 46.4 Å². The van der Waals surface area contributed by atoms with Crippen LogP contribution < -0.4 is 9.47 Å². The summed E-state index contributed by atoms with van der Waals surface area (Å²) in [4.78, 5) is 25.8. The molecule has 2 aromatic rings. The highest BCUT2D eigenvalue weighted by atomic mass is 19.4. The second-order valence-electron chi connectivity index (χ2n) is 8.40. The summed E-state index contributed by atoms with van der Waals surface area (Å²) >= 11 is 0. The van der Waals surface area contributed by atoms with Crippen molar-refractivity contribution in [3.63, 3.8) is 0 Å². The number of benzene rings is 2. The predicted molar refractivity (Wildman–Crippen MR) is 123 cm³/mol. The first-order valence-electron chi connectivity index (χ1n) is 11.5. The molecule has 1 aliphatic rings. The Bertz CT molecular complexity index is 1070. The van der Waals surface area contributed by atoms with E-state index in [2.05, 4.69) is 0 Å². The number of alkyl halides is 3. The molecule has 0 saturated heterocycles. The number of cyclic esters (lactones) is 1. The van der Waals surface area contributed by atoms with Crippen molar-refractivity contribution in [1.82, 2.24) is 0 Å². The highest BCUT2D eigenvalue weighted by Gasteiger charge is 2.64. The van der Waals surface area contributed by atoms with Crippen molar-refractivity contribution in [1.29, 1.82) is 0 Å². The molecule has 3 rings (SSSR count). The lowest BCUT2D eigenvalue weighted by Gasteiger charge is -2.34. The van der Waals surface area contributed by atoms with Crippen molar-refractivity contribution in [2.45, 2.75) is 56.6 Å². The van der Waals surface area contributed by atoms with Crippen LogP contribution in [-0.4, -0.2) is 51.7 Å². The fourth-order valence-corrected chi connectivity index (χ4v) is 4.41. The summed E-state index contributed by atoms with van der Waals surface area (Å²) in [7, 11) is 3.71. The van der Waals surface area contributed by atoms with Crippen LogP contribution in [0, 0.1) is 0 Å².